The van der Waals surface area contributed by atoms with E-state index in [0.717, 1.165) is 11.1 Å². The Balaban J connectivity index is 2.25. The van der Waals surface area contributed by atoms with Gasteiger partial charge in [0.1, 0.15) is 11.6 Å². The van der Waals surface area contributed by atoms with Crippen LogP contribution in [-0.4, -0.2) is 30.3 Å². The summed E-state index contributed by atoms with van der Waals surface area (Å²) in [5.41, 5.74) is 1.85. The normalized spacial score (nSPS) is 13.3. The van der Waals surface area contributed by atoms with Crippen molar-refractivity contribution in [1.82, 2.24) is 15.5 Å². The molecule has 0 aliphatic heterocycles. The van der Waals surface area contributed by atoms with Crippen LogP contribution >= 0.6 is 0 Å². The Kier molecular flexibility index (Phi) is 7.28. The summed E-state index contributed by atoms with van der Waals surface area (Å²) < 4.78 is 36.4. The number of ether oxygens (including phenoxy) is 1. The van der Waals surface area contributed by atoms with Crippen molar-refractivity contribution in [2.24, 2.45) is 5.92 Å². The number of amides is 1. The lowest BCUT2D eigenvalue weighted by atomic mass is 10.0. The highest BCUT2D eigenvalue weighted by atomic mass is 32.2. The smallest absolute Gasteiger partial charge is 0.408 e. The van der Waals surface area contributed by atoms with E-state index >= 15 is 0 Å². The summed E-state index contributed by atoms with van der Waals surface area (Å²) in [6.07, 6.45) is -0.149. The molecule has 0 aliphatic rings. The number of nitrogens with one attached hydrogen (secondary N) is 1. The minimum absolute atomic E-state index is 0.0362. The van der Waals surface area contributed by atoms with Gasteiger partial charge in [-0.3, -0.25) is 0 Å². The average Bonchev–Trinajstić information content (AvgIpc) is 3.06. The van der Waals surface area contributed by atoms with Crippen LogP contribution in [0.1, 0.15) is 69.7 Å². The predicted octanol–water partition coefficient (Wildman–Crippen LogP) is 4.27. The van der Waals surface area contributed by atoms with Gasteiger partial charge in [0, 0.05) is 0 Å². The molecule has 166 valence electrons. The van der Waals surface area contributed by atoms with Crippen LogP contribution in [0, 0.1) is 19.8 Å². The fraction of sp³-hybridized carbons (Fsp3) is 0.571. The number of aromatic nitrogens is 2. The van der Waals surface area contributed by atoms with Gasteiger partial charge in [-0.05, 0) is 58.1 Å². The van der Waals surface area contributed by atoms with E-state index < -0.39 is 32.8 Å². The van der Waals surface area contributed by atoms with Gasteiger partial charge in [-0.25, -0.2) is 13.2 Å². The third-order valence-electron chi connectivity index (χ3n) is 4.23. The number of hydrogen-bond acceptors (Lipinski definition) is 7. The van der Waals surface area contributed by atoms with Gasteiger partial charge in [-0.2, -0.15) is 0 Å². The second kappa shape index (κ2) is 9.16. The molecule has 9 heteroatoms. The number of aryl methyl sites for hydroxylation is 2. The Morgan fingerprint density at radius 2 is 1.87 bits per heavy atom. The van der Waals surface area contributed by atoms with Crippen molar-refractivity contribution in [2.75, 3.05) is 0 Å². The summed E-state index contributed by atoms with van der Waals surface area (Å²) in [6.45, 7) is 13.0. The van der Waals surface area contributed by atoms with E-state index in [1.807, 2.05) is 45.9 Å². The SMILES string of the molecule is Cc1ccc(C)c(CS(=O)(=O)c2nnc([C@H](CC(C)C)NC(=O)OC(C)(C)C)o2)c1. The van der Waals surface area contributed by atoms with E-state index in [4.69, 9.17) is 9.15 Å². The molecule has 1 aromatic heterocycles. The summed E-state index contributed by atoms with van der Waals surface area (Å²) in [6, 6.07) is 4.98. The van der Waals surface area contributed by atoms with Gasteiger partial charge >= 0.3 is 11.3 Å². The quantitative estimate of drug-likeness (QED) is 0.688. The number of alkyl carbamates (subject to hydrolysis) is 1. The monoisotopic (exact) mass is 437 g/mol. The molecule has 30 heavy (non-hydrogen) atoms. The van der Waals surface area contributed by atoms with E-state index in [1.165, 1.54) is 0 Å². The number of benzene rings is 1. The maximum atomic E-state index is 12.8. The molecular formula is C21H31N3O5S. The van der Waals surface area contributed by atoms with E-state index in [0.29, 0.717) is 12.0 Å². The first-order valence-electron chi connectivity index (χ1n) is 9.88. The summed E-state index contributed by atoms with van der Waals surface area (Å²) in [7, 11) is -3.84. The molecule has 2 rings (SSSR count). The fourth-order valence-corrected chi connectivity index (χ4v) is 4.07. The number of rotatable bonds is 7. The first kappa shape index (κ1) is 23.9. The molecule has 2 aromatic rings. The molecule has 0 aliphatic carbocycles. The number of carbonyl (C=O) groups is 1. The van der Waals surface area contributed by atoms with Crippen LogP contribution in [0.5, 0.6) is 0 Å². The van der Waals surface area contributed by atoms with Gasteiger partial charge in [-0.15, -0.1) is 5.10 Å². The van der Waals surface area contributed by atoms with Crippen LogP contribution in [0.2, 0.25) is 0 Å². The Morgan fingerprint density at radius 3 is 2.47 bits per heavy atom. The molecule has 0 bridgehead atoms. The van der Waals surface area contributed by atoms with Gasteiger partial charge in [0.25, 0.3) is 0 Å². The Morgan fingerprint density at radius 1 is 1.20 bits per heavy atom. The third kappa shape index (κ3) is 6.83. The largest absolute Gasteiger partial charge is 0.444 e. The van der Waals surface area contributed by atoms with E-state index in [2.05, 4.69) is 15.5 Å². The molecule has 0 fully saturated rings. The Bertz CT molecular complexity index is 990. The summed E-state index contributed by atoms with van der Waals surface area (Å²) in [4.78, 5) is 12.2. The van der Waals surface area contributed by atoms with Crippen LogP contribution in [0.3, 0.4) is 0 Å². The van der Waals surface area contributed by atoms with Crippen LogP contribution in [0.15, 0.2) is 27.8 Å². The minimum atomic E-state index is -3.84. The molecule has 1 amide bonds. The van der Waals surface area contributed by atoms with Crippen LogP contribution in [0.25, 0.3) is 0 Å². The molecule has 1 aromatic carbocycles. The van der Waals surface area contributed by atoms with E-state index in [1.54, 1.807) is 20.8 Å². The van der Waals surface area contributed by atoms with Crippen molar-refractivity contribution in [3.05, 3.63) is 40.8 Å². The Labute approximate surface area is 178 Å². The fourth-order valence-electron chi connectivity index (χ4n) is 2.85. The molecule has 1 atom stereocenters. The lowest BCUT2D eigenvalue weighted by Crippen LogP contribution is -2.35. The average molecular weight is 438 g/mol. The highest BCUT2D eigenvalue weighted by Gasteiger charge is 2.29. The predicted molar refractivity (Wildman–Crippen MR) is 113 cm³/mol. The molecule has 0 radical (unpaired) electrons. The number of nitrogens with zero attached hydrogens (tertiary/aromatic N) is 2. The van der Waals surface area contributed by atoms with Crippen molar-refractivity contribution in [3.63, 3.8) is 0 Å². The highest BCUT2D eigenvalue weighted by Crippen LogP contribution is 2.24. The van der Waals surface area contributed by atoms with Gasteiger partial charge in [0.15, 0.2) is 0 Å². The van der Waals surface area contributed by atoms with Gasteiger partial charge in [-0.1, -0.05) is 42.7 Å². The zero-order valence-electron chi connectivity index (χ0n) is 18.6. The topological polar surface area (TPSA) is 111 Å². The first-order valence-corrected chi connectivity index (χ1v) is 11.5. The Hall–Kier alpha value is -2.42. The maximum Gasteiger partial charge on any atom is 0.408 e. The second-order valence-corrected chi connectivity index (χ2v) is 10.8. The first-order chi connectivity index (χ1) is 13.8. The second-order valence-electron chi connectivity index (χ2n) is 8.92. The van der Waals surface area contributed by atoms with Crippen molar-refractivity contribution >= 4 is 15.9 Å². The zero-order chi connectivity index (χ0) is 22.7. The van der Waals surface area contributed by atoms with Crippen molar-refractivity contribution in [3.8, 4) is 0 Å². The molecule has 1 heterocycles. The molecule has 0 saturated carbocycles. The number of sulfone groups is 1. The maximum absolute atomic E-state index is 12.8. The van der Waals surface area contributed by atoms with Gasteiger partial charge < -0.3 is 14.5 Å². The van der Waals surface area contributed by atoms with Crippen LogP contribution in [0.4, 0.5) is 4.79 Å². The van der Waals surface area contributed by atoms with Crippen molar-refractivity contribution in [2.45, 2.75) is 77.5 Å². The molecule has 0 spiro atoms. The minimum Gasteiger partial charge on any atom is -0.444 e. The summed E-state index contributed by atoms with van der Waals surface area (Å²) in [5.74, 6) is -0.0165. The lowest BCUT2D eigenvalue weighted by Gasteiger charge is -2.22. The van der Waals surface area contributed by atoms with Gasteiger partial charge in [0.05, 0.1) is 5.75 Å². The molecule has 0 unspecified atom stereocenters. The third-order valence-corrected chi connectivity index (χ3v) is 5.62. The van der Waals surface area contributed by atoms with Crippen molar-refractivity contribution < 1.29 is 22.4 Å². The molecular weight excluding hydrogens is 406 g/mol. The van der Waals surface area contributed by atoms with Crippen LogP contribution in [-0.2, 0) is 20.3 Å². The van der Waals surface area contributed by atoms with E-state index in [-0.39, 0.29) is 17.6 Å². The zero-order valence-corrected chi connectivity index (χ0v) is 19.5. The summed E-state index contributed by atoms with van der Waals surface area (Å²) in [5, 5.41) is 9.89. The van der Waals surface area contributed by atoms with Gasteiger partial charge in [0.2, 0.25) is 15.7 Å². The van der Waals surface area contributed by atoms with Crippen molar-refractivity contribution in [1.29, 1.82) is 0 Å². The lowest BCUT2D eigenvalue weighted by molar-refractivity contribution is 0.0487. The molecule has 8 nitrogen and oxygen atoms in total. The number of hydrogen-bond donors (Lipinski definition) is 1. The van der Waals surface area contributed by atoms with Crippen LogP contribution < -0.4 is 5.32 Å². The number of carbonyl (C=O) groups excluding carboxylic acids is 1. The summed E-state index contributed by atoms with van der Waals surface area (Å²) >= 11 is 0. The standard InChI is InChI=1S/C21H31N3O5S/c1-13(2)10-17(22-19(25)29-21(5,6)7)18-23-24-20(28-18)30(26,27)12-16-11-14(3)8-9-15(16)4/h8-9,11,13,17H,10,12H2,1-7H3,(H,22,25)/t17-/m0/s1. The molecule has 1 N–H and O–H groups in total. The highest BCUT2D eigenvalue weighted by molar-refractivity contribution is 7.90. The molecule has 0 saturated heterocycles. The van der Waals surface area contributed by atoms with E-state index in [9.17, 15) is 13.2 Å².